The Kier molecular flexibility index (Phi) is 4.95. The van der Waals surface area contributed by atoms with Crippen molar-refractivity contribution in [1.82, 2.24) is 5.48 Å². The first-order valence-corrected chi connectivity index (χ1v) is 2.55. The molecule has 52 valence electrons. The quantitative estimate of drug-likeness (QED) is 0.448. The van der Waals surface area contributed by atoms with Gasteiger partial charge in [-0.15, -0.1) is 0 Å². The van der Waals surface area contributed by atoms with Gasteiger partial charge >= 0.3 is 5.97 Å². The van der Waals surface area contributed by atoms with Crippen LogP contribution in [0.15, 0.2) is 11.7 Å². The molecule has 0 saturated heterocycles. The molecule has 0 fully saturated rings. The second-order valence-corrected chi connectivity index (χ2v) is 1.34. The second kappa shape index (κ2) is 5.40. The van der Waals surface area contributed by atoms with Crippen molar-refractivity contribution in [2.75, 3.05) is 6.61 Å². The lowest BCUT2D eigenvalue weighted by atomic mass is 10.8. The van der Waals surface area contributed by atoms with E-state index in [9.17, 15) is 4.79 Å². The first-order valence-electron chi connectivity index (χ1n) is 2.11. The van der Waals surface area contributed by atoms with Gasteiger partial charge < -0.3 is 5.11 Å². The van der Waals surface area contributed by atoms with Crippen molar-refractivity contribution < 1.29 is 14.7 Å². The number of nitrogens with one attached hydrogen (secondary N) is 1. The highest BCUT2D eigenvalue weighted by molar-refractivity contribution is 6.25. The number of carbonyl (C=O) groups is 1. The summed E-state index contributed by atoms with van der Waals surface area (Å²) in [6.07, 6.45) is 1.27. The van der Waals surface area contributed by atoms with Crippen LogP contribution in [0.4, 0.5) is 0 Å². The summed E-state index contributed by atoms with van der Waals surface area (Å²) in [5.74, 6) is -1.04. The van der Waals surface area contributed by atoms with E-state index in [1.807, 2.05) is 0 Å². The van der Waals surface area contributed by atoms with E-state index in [2.05, 4.69) is 10.3 Å². The molecule has 9 heavy (non-hydrogen) atoms. The van der Waals surface area contributed by atoms with Crippen LogP contribution in [0.25, 0.3) is 0 Å². The molecule has 0 heterocycles. The van der Waals surface area contributed by atoms with Crippen LogP contribution in [0.3, 0.4) is 0 Å². The molecule has 0 aromatic heterocycles. The minimum atomic E-state index is -1.04. The van der Waals surface area contributed by atoms with Crippen molar-refractivity contribution >= 4 is 17.6 Å². The number of hydrogen-bond acceptors (Lipinski definition) is 3. The van der Waals surface area contributed by atoms with Crippen molar-refractivity contribution in [3.8, 4) is 0 Å². The summed E-state index contributed by atoms with van der Waals surface area (Å²) < 4.78 is 0. The molecule has 0 unspecified atom stereocenters. The van der Waals surface area contributed by atoms with Crippen molar-refractivity contribution in [1.29, 1.82) is 0 Å². The largest absolute Gasteiger partial charge is 0.479 e. The molecule has 0 aromatic carbocycles. The van der Waals surface area contributed by atoms with Crippen LogP contribution < -0.4 is 5.48 Å². The lowest BCUT2D eigenvalue weighted by Crippen LogP contribution is -2.14. The third-order valence-electron chi connectivity index (χ3n) is 0.410. The maximum Gasteiger partial charge on any atom is 0.332 e. The average Bonchev–Trinajstić information content (AvgIpc) is 1.80. The van der Waals surface area contributed by atoms with E-state index in [0.717, 1.165) is 0 Å². The van der Waals surface area contributed by atoms with Gasteiger partial charge in [0.15, 0.2) is 6.61 Å². The molecule has 5 heteroatoms. The van der Waals surface area contributed by atoms with Gasteiger partial charge in [-0.2, -0.15) is 0 Å². The average molecular weight is 152 g/mol. The molecular weight excluding hydrogens is 146 g/mol. The van der Waals surface area contributed by atoms with Gasteiger partial charge in [-0.3, -0.25) is 10.3 Å². The molecule has 0 saturated carbocycles. The summed E-state index contributed by atoms with van der Waals surface area (Å²) in [5.41, 5.74) is 3.34. The Morgan fingerprint density at radius 3 is 3.00 bits per heavy atom. The van der Waals surface area contributed by atoms with Crippen molar-refractivity contribution in [3.63, 3.8) is 0 Å². The van der Waals surface area contributed by atoms with Gasteiger partial charge in [-0.25, -0.2) is 4.79 Å². The highest BCUT2D eigenvalue weighted by atomic mass is 35.5. The Bertz CT molecular complexity index is 114. The van der Waals surface area contributed by atoms with E-state index in [0.29, 0.717) is 0 Å². The molecule has 0 spiro atoms. The molecule has 0 atom stereocenters. The summed E-state index contributed by atoms with van der Waals surface area (Å²) in [5, 5.41) is 7.99. The maximum absolute atomic E-state index is 9.74. The third-order valence-corrected chi connectivity index (χ3v) is 0.536. The molecule has 0 bridgehead atoms. The fourth-order valence-electron chi connectivity index (χ4n) is 0.177. The van der Waals surface area contributed by atoms with Crippen LogP contribution in [0, 0.1) is 0 Å². The first-order chi connectivity index (χ1) is 4.27. The molecule has 4 nitrogen and oxygen atoms in total. The Hall–Kier alpha value is -0.740. The van der Waals surface area contributed by atoms with Gasteiger partial charge in [0.2, 0.25) is 0 Å². The van der Waals surface area contributed by atoms with E-state index in [1.165, 1.54) is 11.7 Å². The number of carboxylic acid groups (broad SMARTS) is 1. The van der Waals surface area contributed by atoms with Gasteiger partial charge in [0.1, 0.15) is 0 Å². The van der Waals surface area contributed by atoms with Crippen molar-refractivity contribution in [2.24, 2.45) is 0 Å². The van der Waals surface area contributed by atoms with Crippen molar-refractivity contribution in [3.05, 3.63) is 11.7 Å². The van der Waals surface area contributed by atoms with Gasteiger partial charge in [0.05, 0.1) is 0 Å². The van der Waals surface area contributed by atoms with Crippen LogP contribution in [0.2, 0.25) is 0 Å². The van der Waals surface area contributed by atoms with Gasteiger partial charge in [-0.05, 0) is 0 Å². The van der Waals surface area contributed by atoms with Crippen LogP contribution in [-0.4, -0.2) is 17.7 Å². The smallest absolute Gasteiger partial charge is 0.332 e. The molecular formula is C4H6ClNO3. The number of hydroxylamine groups is 1. The molecule has 0 aliphatic carbocycles. The molecule has 0 aromatic rings. The third kappa shape index (κ3) is 7.26. The Morgan fingerprint density at radius 1 is 1.89 bits per heavy atom. The number of halogens is 1. The van der Waals surface area contributed by atoms with Crippen LogP contribution in [-0.2, 0) is 9.63 Å². The standard InChI is InChI=1S/C4H6ClNO3/c5-1-2-6-9-3-4(7)8/h1-2,6H,3H2,(H,7,8). The summed E-state index contributed by atoms with van der Waals surface area (Å²) >= 11 is 5.05. The molecule has 0 rings (SSSR count). The van der Waals surface area contributed by atoms with Gasteiger partial charge in [-0.1, -0.05) is 11.6 Å². The summed E-state index contributed by atoms with van der Waals surface area (Å²) in [6, 6.07) is 0. The number of carboxylic acids is 1. The predicted octanol–water partition coefficient (Wildman–Crippen LogP) is 0.302. The highest BCUT2D eigenvalue weighted by Crippen LogP contribution is 1.73. The maximum atomic E-state index is 9.74. The van der Waals surface area contributed by atoms with E-state index >= 15 is 0 Å². The summed E-state index contributed by atoms with van der Waals surface area (Å²) in [4.78, 5) is 14.1. The molecule has 0 amide bonds. The minimum absolute atomic E-state index is 0.388. The number of aliphatic carboxylic acids is 1. The SMILES string of the molecule is O=C(O)CONC=CCl. The molecule has 0 aliphatic rings. The molecule has 2 N–H and O–H groups in total. The van der Waals surface area contributed by atoms with E-state index in [4.69, 9.17) is 16.7 Å². The lowest BCUT2D eigenvalue weighted by Gasteiger charge is -1.95. The lowest BCUT2D eigenvalue weighted by molar-refractivity contribution is -0.144. The summed E-state index contributed by atoms with van der Waals surface area (Å²) in [7, 11) is 0. The zero-order valence-electron chi connectivity index (χ0n) is 4.50. The molecule has 0 radical (unpaired) electrons. The second-order valence-electron chi connectivity index (χ2n) is 1.09. The first kappa shape index (κ1) is 8.26. The van der Waals surface area contributed by atoms with Gasteiger partial charge in [0, 0.05) is 11.7 Å². The van der Waals surface area contributed by atoms with E-state index in [-0.39, 0.29) is 6.61 Å². The van der Waals surface area contributed by atoms with Crippen molar-refractivity contribution in [2.45, 2.75) is 0 Å². The predicted molar refractivity (Wildman–Crippen MR) is 31.7 cm³/mol. The fraction of sp³-hybridized carbons (Fsp3) is 0.250. The number of rotatable bonds is 4. The zero-order chi connectivity index (χ0) is 7.11. The van der Waals surface area contributed by atoms with E-state index < -0.39 is 5.97 Å². The molecule has 0 aliphatic heterocycles. The van der Waals surface area contributed by atoms with Gasteiger partial charge in [0.25, 0.3) is 0 Å². The number of hydrogen-bond donors (Lipinski definition) is 2. The highest BCUT2D eigenvalue weighted by Gasteiger charge is 1.91. The monoisotopic (exact) mass is 151 g/mol. The van der Waals surface area contributed by atoms with Crippen LogP contribution in [0.1, 0.15) is 0 Å². The topological polar surface area (TPSA) is 58.6 Å². The minimum Gasteiger partial charge on any atom is -0.479 e. The van der Waals surface area contributed by atoms with Crippen LogP contribution in [0.5, 0.6) is 0 Å². The van der Waals surface area contributed by atoms with E-state index in [1.54, 1.807) is 0 Å². The summed E-state index contributed by atoms with van der Waals surface area (Å²) in [6.45, 7) is -0.388. The Morgan fingerprint density at radius 2 is 2.56 bits per heavy atom. The Balaban J connectivity index is 3.01. The zero-order valence-corrected chi connectivity index (χ0v) is 5.26. The normalized spacial score (nSPS) is 9.89. The Labute approximate surface area is 57.0 Å². The van der Waals surface area contributed by atoms with Crippen LogP contribution >= 0.6 is 11.6 Å². The fourth-order valence-corrected chi connectivity index (χ4v) is 0.229.